The average Bonchev–Trinajstić information content (AvgIpc) is 3.22. The van der Waals surface area contributed by atoms with Gasteiger partial charge in [0.15, 0.2) is 5.16 Å². The number of nitrogens with zero attached hydrogens (tertiary/aromatic N) is 3. The molecule has 0 saturated heterocycles. The van der Waals surface area contributed by atoms with Gasteiger partial charge in [0.25, 0.3) is 0 Å². The highest BCUT2D eigenvalue weighted by atomic mass is 32.2. The maximum atomic E-state index is 12.8. The molecule has 4 rings (SSSR count). The molecule has 1 heterocycles. The van der Waals surface area contributed by atoms with Gasteiger partial charge in [-0.25, -0.2) is 0 Å². The first-order chi connectivity index (χ1) is 16.4. The van der Waals surface area contributed by atoms with Gasteiger partial charge in [-0.05, 0) is 68.7 Å². The van der Waals surface area contributed by atoms with Crippen molar-refractivity contribution in [2.75, 3.05) is 11.1 Å². The average molecular weight is 489 g/mol. The van der Waals surface area contributed by atoms with Crippen LogP contribution >= 0.6 is 23.5 Å². The fourth-order valence-electron chi connectivity index (χ4n) is 3.86. The Morgan fingerprint density at radius 3 is 2.29 bits per heavy atom. The van der Waals surface area contributed by atoms with Crippen LogP contribution in [0.15, 0.2) is 76.8 Å². The molecular formula is C27H28N4OS2. The standard InChI is InChI=1S/C27H28N4OS2/c1-18-9-8-10-22(15-18)31-24(16-33-23-11-6-5-7-12-23)29-30-27(31)34-17-25(32)28-26-20(3)13-19(2)14-21(26)4/h5-15H,16-17H2,1-4H3,(H,28,32). The Morgan fingerprint density at radius 1 is 0.853 bits per heavy atom. The van der Waals surface area contributed by atoms with Crippen molar-refractivity contribution < 1.29 is 4.79 Å². The Balaban J connectivity index is 1.53. The van der Waals surface area contributed by atoms with Crippen molar-refractivity contribution in [1.29, 1.82) is 0 Å². The van der Waals surface area contributed by atoms with Crippen molar-refractivity contribution >= 4 is 35.1 Å². The van der Waals surface area contributed by atoms with Crippen LogP contribution in [0, 0.1) is 27.7 Å². The van der Waals surface area contributed by atoms with Crippen LogP contribution in [0.3, 0.4) is 0 Å². The number of carbonyl (C=O) groups is 1. The van der Waals surface area contributed by atoms with Gasteiger partial charge in [-0.2, -0.15) is 0 Å². The van der Waals surface area contributed by atoms with Gasteiger partial charge in [0.1, 0.15) is 5.82 Å². The van der Waals surface area contributed by atoms with E-state index >= 15 is 0 Å². The summed E-state index contributed by atoms with van der Waals surface area (Å²) >= 11 is 3.12. The Morgan fingerprint density at radius 2 is 1.59 bits per heavy atom. The molecule has 1 aromatic heterocycles. The van der Waals surface area contributed by atoms with Crippen LogP contribution in [0.4, 0.5) is 5.69 Å². The highest BCUT2D eigenvalue weighted by Gasteiger charge is 2.17. The van der Waals surface area contributed by atoms with Gasteiger partial charge in [-0.15, -0.1) is 22.0 Å². The monoisotopic (exact) mass is 488 g/mol. The number of amides is 1. The number of hydrogen-bond acceptors (Lipinski definition) is 5. The molecule has 0 bridgehead atoms. The van der Waals surface area contributed by atoms with Crippen molar-refractivity contribution in [1.82, 2.24) is 14.8 Å². The first-order valence-corrected chi connectivity index (χ1v) is 13.1. The minimum Gasteiger partial charge on any atom is -0.325 e. The van der Waals surface area contributed by atoms with Gasteiger partial charge in [0.2, 0.25) is 5.91 Å². The molecule has 0 aliphatic rings. The van der Waals surface area contributed by atoms with Gasteiger partial charge in [-0.3, -0.25) is 9.36 Å². The molecule has 5 nitrogen and oxygen atoms in total. The number of thioether (sulfide) groups is 2. The van der Waals surface area contributed by atoms with E-state index in [1.165, 1.54) is 22.2 Å². The second-order valence-electron chi connectivity index (χ2n) is 8.29. The van der Waals surface area contributed by atoms with Crippen LogP contribution in [-0.4, -0.2) is 26.4 Å². The van der Waals surface area contributed by atoms with Crippen molar-refractivity contribution in [2.45, 2.75) is 43.5 Å². The van der Waals surface area contributed by atoms with Crippen molar-refractivity contribution in [3.05, 3.63) is 94.8 Å². The van der Waals surface area contributed by atoms with Crippen molar-refractivity contribution in [3.63, 3.8) is 0 Å². The minimum atomic E-state index is -0.0564. The second kappa shape index (κ2) is 10.9. The van der Waals surface area contributed by atoms with E-state index in [1.807, 2.05) is 38.1 Å². The topological polar surface area (TPSA) is 59.8 Å². The molecule has 0 fully saturated rings. The molecule has 174 valence electrons. The molecule has 0 aliphatic carbocycles. The fraction of sp³-hybridized carbons (Fsp3) is 0.222. The lowest BCUT2D eigenvalue weighted by atomic mass is 10.1. The summed E-state index contributed by atoms with van der Waals surface area (Å²) in [5.74, 6) is 1.73. The fourth-order valence-corrected chi connectivity index (χ4v) is 5.46. The summed E-state index contributed by atoms with van der Waals surface area (Å²) in [6, 6.07) is 22.7. The first kappa shape index (κ1) is 24.1. The number of aromatic nitrogens is 3. The van der Waals surface area contributed by atoms with Gasteiger partial charge in [-0.1, -0.05) is 59.8 Å². The first-order valence-electron chi connectivity index (χ1n) is 11.1. The molecule has 1 amide bonds. The van der Waals surface area contributed by atoms with E-state index in [-0.39, 0.29) is 11.7 Å². The molecule has 34 heavy (non-hydrogen) atoms. The summed E-state index contributed by atoms with van der Waals surface area (Å²) < 4.78 is 2.06. The predicted molar refractivity (Wildman–Crippen MR) is 142 cm³/mol. The number of rotatable bonds is 8. The smallest absolute Gasteiger partial charge is 0.234 e. The summed E-state index contributed by atoms with van der Waals surface area (Å²) in [4.78, 5) is 14.0. The molecule has 7 heteroatoms. The van der Waals surface area contributed by atoms with E-state index < -0.39 is 0 Å². The third kappa shape index (κ3) is 5.90. The highest BCUT2D eigenvalue weighted by Crippen LogP contribution is 2.28. The molecule has 0 radical (unpaired) electrons. The summed E-state index contributed by atoms with van der Waals surface area (Å²) in [7, 11) is 0. The molecule has 0 unspecified atom stereocenters. The molecule has 0 atom stereocenters. The van der Waals surface area contributed by atoms with Crippen LogP contribution in [-0.2, 0) is 10.5 Å². The lowest BCUT2D eigenvalue weighted by molar-refractivity contribution is -0.113. The van der Waals surface area contributed by atoms with Crippen LogP contribution in [0.2, 0.25) is 0 Å². The number of aryl methyl sites for hydroxylation is 4. The summed E-state index contributed by atoms with van der Waals surface area (Å²) in [5, 5.41) is 12.7. The number of anilines is 1. The predicted octanol–water partition coefficient (Wildman–Crippen LogP) is 6.52. The summed E-state index contributed by atoms with van der Waals surface area (Å²) in [6.07, 6.45) is 0. The molecule has 0 saturated carbocycles. The Bertz CT molecular complexity index is 1280. The molecule has 3 aromatic carbocycles. The zero-order chi connectivity index (χ0) is 24.1. The Hall–Kier alpha value is -3.03. The van der Waals surface area contributed by atoms with E-state index in [9.17, 15) is 4.79 Å². The lowest BCUT2D eigenvalue weighted by Crippen LogP contribution is -2.16. The van der Waals surface area contributed by atoms with Gasteiger partial charge in [0, 0.05) is 16.3 Å². The molecule has 1 N–H and O–H groups in total. The summed E-state index contributed by atoms with van der Waals surface area (Å²) in [6.45, 7) is 8.17. The van der Waals surface area contributed by atoms with Gasteiger partial charge >= 0.3 is 0 Å². The van der Waals surface area contributed by atoms with Crippen molar-refractivity contribution in [3.8, 4) is 5.69 Å². The van der Waals surface area contributed by atoms with Crippen LogP contribution in [0.5, 0.6) is 0 Å². The van der Waals surface area contributed by atoms with E-state index in [0.29, 0.717) is 10.9 Å². The van der Waals surface area contributed by atoms with Gasteiger partial charge in [0.05, 0.1) is 11.5 Å². The van der Waals surface area contributed by atoms with E-state index in [1.54, 1.807) is 11.8 Å². The van der Waals surface area contributed by atoms with E-state index in [0.717, 1.165) is 33.9 Å². The van der Waals surface area contributed by atoms with Crippen LogP contribution in [0.25, 0.3) is 5.69 Å². The Kier molecular flexibility index (Phi) is 7.75. The largest absolute Gasteiger partial charge is 0.325 e. The second-order valence-corrected chi connectivity index (χ2v) is 10.3. The van der Waals surface area contributed by atoms with E-state index in [4.69, 9.17) is 0 Å². The van der Waals surface area contributed by atoms with Crippen LogP contribution < -0.4 is 5.32 Å². The minimum absolute atomic E-state index is 0.0564. The van der Waals surface area contributed by atoms with E-state index in [2.05, 4.69) is 76.4 Å². The normalized spacial score (nSPS) is 10.9. The molecule has 0 aliphatic heterocycles. The van der Waals surface area contributed by atoms with Gasteiger partial charge < -0.3 is 5.32 Å². The lowest BCUT2D eigenvalue weighted by Gasteiger charge is -2.13. The molecule has 4 aromatic rings. The van der Waals surface area contributed by atoms with Crippen LogP contribution in [0.1, 0.15) is 28.1 Å². The number of benzene rings is 3. The third-order valence-electron chi connectivity index (χ3n) is 5.35. The molecular weight excluding hydrogens is 460 g/mol. The third-order valence-corrected chi connectivity index (χ3v) is 7.28. The SMILES string of the molecule is Cc1cccc(-n2c(CSc3ccccc3)nnc2SCC(=O)Nc2c(C)cc(C)cc2C)c1. The maximum absolute atomic E-state index is 12.8. The highest BCUT2D eigenvalue weighted by molar-refractivity contribution is 7.99. The summed E-state index contributed by atoms with van der Waals surface area (Å²) in [5.41, 5.74) is 6.37. The number of carbonyl (C=O) groups excluding carboxylic acids is 1. The Labute approximate surface area is 209 Å². The maximum Gasteiger partial charge on any atom is 0.234 e. The molecule has 0 spiro atoms. The zero-order valence-corrected chi connectivity index (χ0v) is 21.5. The number of nitrogens with one attached hydrogen (secondary N) is 1. The quantitative estimate of drug-likeness (QED) is 0.286. The number of hydrogen-bond donors (Lipinski definition) is 1. The van der Waals surface area contributed by atoms with Crippen molar-refractivity contribution in [2.24, 2.45) is 0 Å². The zero-order valence-electron chi connectivity index (χ0n) is 19.8.